The summed E-state index contributed by atoms with van der Waals surface area (Å²) >= 11 is 0. The summed E-state index contributed by atoms with van der Waals surface area (Å²) in [5.41, 5.74) is 0.874. The van der Waals surface area contributed by atoms with Crippen molar-refractivity contribution in [3.8, 4) is 5.75 Å². The molecular formula is C16H20N2O5. The zero-order valence-electron chi connectivity index (χ0n) is 13.1. The Bertz CT molecular complexity index is 599. The number of carbonyl (C=O) groups excluding carboxylic acids is 2. The summed E-state index contributed by atoms with van der Waals surface area (Å²) in [6, 6.07) is 6.65. The maximum Gasteiger partial charge on any atom is 0.341 e. The molecule has 2 unspecified atom stereocenters. The molecule has 2 rings (SSSR count). The highest BCUT2D eigenvalue weighted by molar-refractivity contribution is 5.89. The lowest BCUT2D eigenvalue weighted by atomic mass is 10.0. The van der Waals surface area contributed by atoms with Crippen molar-refractivity contribution in [3.05, 3.63) is 29.8 Å². The average molecular weight is 320 g/mol. The Hall–Kier alpha value is -2.57. The maximum absolute atomic E-state index is 12.2. The number of carbonyl (C=O) groups is 3. The summed E-state index contributed by atoms with van der Waals surface area (Å²) in [4.78, 5) is 35.7. The van der Waals surface area contributed by atoms with Crippen LogP contribution in [0.2, 0.25) is 0 Å². The second-order valence-electron chi connectivity index (χ2n) is 5.66. The van der Waals surface area contributed by atoms with E-state index in [-0.39, 0.29) is 30.2 Å². The van der Waals surface area contributed by atoms with Gasteiger partial charge in [0, 0.05) is 20.0 Å². The predicted molar refractivity (Wildman–Crippen MR) is 81.9 cm³/mol. The Morgan fingerprint density at radius 2 is 2.04 bits per heavy atom. The topological polar surface area (TPSA) is 95.9 Å². The Balaban J connectivity index is 1.90. The van der Waals surface area contributed by atoms with Gasteiger partial charge in [-0.05, 0) is 24.6 Å². The first kappa shape index (κ1) is 16.8. The molecule has 1 aliphatic rings. The number of nitrogens with one attached hydrogen (secondary N) is 1. The van der Waals surface area contributed by atoms with Gasteiger partial charge in [0.2, 0.25) is 11.8 Å². The van der Waals surface area contributed by atoms with Crippen molar-refractivity contribution in [2.45, 2.75) is 19.4 Å². The van der Waals surface area contributed by atoms with Gasteiger partial charge in [-0.3, -0.25) is 9.59 Å². The van der Waals surface area contributed by atoms with E-state index in [4.69, 9.17) is 9.84 Å². The summed E-state index contributed by atoms with van der Waals surface area (Å²) in [7, 11) is 1.69. The van der Waals surface area contributed by atoms with E-state index in [0.29, 0.717) is 12.3 Å². The number of ether oxygens (including phenoxy) is 1. The lowest BCUT2D eigenvalue weighted by Crippen LogP contribution is -2.34. The standard InChI is InChI=1S/C16H20N2O5/c1-10(17-16(22)12-7-14(19)18(2)8-12)11-3-5-13(6-4-11)23-9-15(20)21/h3-6,10,12H,7-9H2,1-2H3,(H,17,22)(H,20,21). The van der Waals surface area contributed by atoms with E-state index in [1.54, 1.807) is 36.2 Å². The van der Waals surface area contributed by atoms with Gasteiger partial charge in [-0.25, -0.2) is 4.79 Å². The van der Waals surface area contributed by atoms with Crippen molar-refractivity contribution in [2.75, 3.05) is 20.2 Å². The molecule has 2 atom stereocenters. The van der Waals surface area contributed by atoms with Gasteiger partial charge < -0.3 is 20.1 Å². The lowest BCUT2D eigenvalue weighted by Gasteiger charge is -2.17. The van der Waals surface area contributed by atoms with Crippen molar-refractivity contribution < 1.29 is 24.2 Å². The molecule has 0 aromatic heterocycles. The van der Waals surface area contributed by atoms with Crippen molar-refractivity contribution in [1.29, 1.82) is 0 Å². The third-order valence-electron chi connectivity index (χ3n) is 3.81. The summed E-state index contributed by atoms with van der Waals surface area (Å²) in [5, 5.41) is 11.5. The molecule has 1 aromatic rings. The number of benzene rings is 1. The van der Waals surface area contributed by atoms with Crippen LogP contribution >= 0.6 is 0 Å². The zero-order chi connectivity index (χ0) is 17.0. The number of hydrogen-bond donors (Lipinski definition) is 2. The zero-order valence-corrected chi connectivity index (χ0v) is 13.1. The predicted octanol–water partition coefficient (Wildman–Crippen LogP) is 0.805. The van der Waals surface area contributed by atoms with Gasteiger partial charge in [0.05, 0.1) is 12.0 Å². The van der Waals surface area contributed by atoms with Gasteiger partial charge in [-0.2, -0.15) is 0 Å². The minimum Gasteiger partial charge on any atom is -0.482 e. The van der Waals surface area contributed by atoms with E-state index >= 15 is 0 Å². The van der Waals surface area contributed by atoms with Gasteiger partial charge in [0.1, 0.15) is 5.75 Å². The molecule has 0 bridgehead atoms. The molecule has 0 radical (unpaired) electrons. The fourth-order valence-corrected chi connectivity index (χ4v) is 2.45. The van der Waals surface area contributed by atoms with Gasteiger partial charge in [0.15, 0.2) is 6.61 Å². The number of carboxylic acid groups (broad SMARTS) is 1. The van der Waals surface area contributed by atoms with E-state index < -0.39 is 12.6 Å². The quantitative estimate of drug-likeness (QED) is 0.808. The molecule has 1 saturated heterocycles. The van der Waals surface area contributed by atoms with Crippen molar-refractivity contribution in [2.24, 2.45) is 5.92 Å². The summed E-state index contributed by atoms with van der Waals surface area (Å²) in [5.74, 6) is -1.05. The van der Waals surface area contributed by atoms with E-state index in [1.807, 2.05) is 6.92 Å². The van der Waals surface area contributed by atoms with E-state index in [1.165, 1.54) is 0 Å². The third-order valence-corrected chi connectivity index (χ3v) is 3.81. The second-order valence-corrected chi connectivity index (χ2v) is 5.66. The molecule has 2 amide bonds. The van der Waals surface area contributed by atoms with Gasteiger partial charge in [0.25, 0.3) is 0 Å². The van der Waals surface area contributed by atoms with Crippen LogP contribution in [0.1, 0.15) is 24.9 Å². The molecule has 1 aliphatic heterocycles. The third kappa shape index (κ3) is 4.45. The maximum atomic E-state index is 12.2. The molecule has 0 aliphatic carbocycles. The molecule has 124 valence electrons. The first-order chi connectivity index (χ1) is 10.9. The van der Waals surface area contributed by atoms with Crippen LogP contribution in [0, 0.1) is 5.92 Å². The molecule has 0 spiro atoms. The normalized spacial score (nSPS) is 18.6. The Labute approximate surface area is 134 Å². The van der Waals surface area contributed by atoms with E-state index in [2.05, 4.69) is 5.32 Å². The number of amides is 2. The monoisotopic (exact) mass is 320 g/mol. The SMILES string of the molecule is CC(NC(=O)C1CC(=O)N(C)C1)c1ccc(OCC(=O)O)cc1. The summed E-state index contributed by atoms with van der Waals surface area (Å²) in [6.07, 6.45) is 0.247. The number of rotatable bonds is 6. The molecule has 2 N–H and O–H groups in total. The van der Waals surface area contributed by atoms with E-state index in [9.17, 15) is 14.4 Å². The first-order valence-electron chi connectivity index (χ1n) is 7.35. The fourth-order valence-electron chi connectivity index (χ4n) is 2.45. The summed E-state index contributed by atoms with van der Waals surface area (Å²) in [6.45, 7) is 1.90. The molecule has 1 aromatic carbocycles. The van der Waals surface area contributed by atoms with Gasteiger partial charge in [-0.15, -0.1) is 0 Å². The number of hydrogen-bond acceptors (Lipinski definition) is 4. The van der Waals surface area contributed by atoms with E-state index in [0.717, 1.165) is 5.56 Å². The fraction of sp³-hybridized carbons (Fsp3) is 0.438. The number of aliphatic carboxylic acids is 1. The minimum atomic E-state index is -1.04. The van der Waals surface area contributed by atoms with Crippen LogP contribution < -0.4 is 10.1 Å². The molecule has 1 fully saturated rings. The Morgan fingerprint density at radius 3 is 2.57 bits per heavy atom. The van der Waals surface area contributed by atoms with Crippen LogP contribution in [0.4, 0.5) is 0 Å². The molecule has 7 heteroatoms. The highest BCUT2D eigenvalue weighted by Crippen LogP contribution is 2.20. The van der Waals surface area contributed by atoms with Gasteiger partial charge >= 0.3 is 5.97 Å². The van der Waals surface area contributed by atoms with Crippen molar-refractivity contribution in [3.63, 3.8) is 0 Å². The van der Waals surface area contributed by atoms with Crippen LogP contribution in [0.5, 0.6) is 5.75 Å². The Morgan fingerprint density at radius 1 is 1.39 bits per heavy atom. The van der Waals surface area contributed by atoms with Crippen molar-refractivity contribution >= 4 is 17.8 Å². The van der Waals surface area contributed by atoms with Crippen LogP contribution in [0.15, 0.2) is 24.3 Å². The highest BCUT2D eigenvalue weighted by atomic mass is 16.5. The molecule has 7 nitrogen and oxygen atoms in total. The highest BCUT2D eigenvalue weighted by Gasteiger charge is 2.32. The molecule has 0 saturated carbocycles. The van der Waals surface area contributed by atoms with Crippen LogP contribution in [-0.4, -0.2) is 48.0 Å². The van der Waals surface area contributed by atoms with Crippen LogP contribution in [0.3, 0.4) is 0 Å². The summed E-state index contributed by atoms with van der Waals surface area (Å²) < 4.78 is 5.06. The largest absolute Gasteiger partial charge is 0.482 e. The molecular weight excluding hydrogens is 300 g/mol. The number of likely N-dealkylation sites (tertiary alicyclic amines) is 1. The Kier molecular flexibility index (Phi) is 5.20. The number of carboxylic acids is 1. The molecule has 1 heterocycles. The van der Waals surface area contributed by atoms with Crippen LogP contribution in [-0.2, 0) is 14.4 Å². The lowest BCUT2D eigenvalue weighted by molar-refractivity contribution is -0.139. The van der Waals surface area contributed by atoms with Crippen molar-refractivity contribution in [1.82, 2.24) is 10.2 Å². The van der Waals surface area contributed by atoms with Gasteiger partial charge in [-0.1, -0.05) is 12.1 Å². The second kappa shape index (κ2) is 7.13. The van der Waals surface area contributed by atoms with Crippen LogP contribution in [0.25, 0.3) is 0 Å². The smallest absolute Gasteiger partial charge is 0.341 e. The minimum absolute atomic E-state index is 0.0160. The molecule has 23 heavy (non-hydrogen) atoms. The number of nitrogens with zero attached hydrogens (tertiary/aromatic N) is 1. The first-order valence-corrected chi connectivity index (χ1v) is 7.35. The average Bonchev–Trinajstić information content (AvgIpc) is 2.85.